The van der Waals surface area contributed by atoms with Crippen molar-refractivity contribution < 1.29 is 97.1 Å². The van der Waals surface area contributed by atoms with Crippen molar-refractivity contribution in [1.82, 2.24) is 37.2 Å². The van der Waals surface area contributed by atoms with E-state index in [1.165, 1.54) is 5.56 Å². The molecule has 126 heavy (non-hydrogen) atoms. The van der Waals surface area contributed by atoms with Crippen molar-refractivity contribution in [1.29, 1.82) is 5.53 Å². The fraction of sp³-hybridized carbons (Fsp3) is 0.611. The highest BCUT2D eigenvalue weighted by Crippen LogP contribution is 2.60. The van der Waals surface area contributed by atoms with Crippen LogP contribution in [-0.2, 0) is 102 Å². The predicted octanol–water partition coefficient (Wildman–Crippen LogP) is 7.78. The van der Waals surface area contributed by atoms with Crippen molar-refractivity contribution in [2.45, 2.75) is 262 Å². The number of aliphatic hydroxyl groups excluding tert-OH is 4. The Hall–Kier alpha value is -9.59. The Bertz CT molecular complexity index is 4590. The Morgan fingerprint density at radius 1 is 0.587 bits per heavy atom. The van der Waals surface area contributed by atoms with Gasteiger partial charge in [0.25, 0.3) is 0 Å². The molecule has 1 saturated heterocycles. The summed E-state index contributed by atoms with van der Waals surface area (Å²) >= 11 is 0. The second-order valence-corrected chi connectivity index (χ2v) is 36.0. The number of aryl methyl sites for hydroxylation is 2. The zero-order chi connectivity index (χ0) is 90.3. The van der Waals surface area contributed by atoms with Crippen molar-refractivity contribution in [3.8, 4) is 17.6 Å². The van der Waals surface area contributed by atoms with Crippen LogP contribution >= 0.6 is 0 Å². The highest BCUT2D eigenvalue weighted by atomic mass is 16.6. The largest absolute Gasteiger partial charge is 0.508 e. The molecule has 4 aromatic rings. The first kappa shape index (κ1) is 97.0. The molecular formula is C95H131N11O20. The van der Waals surface area contributed by atoms with Crippen molar-refractivity contribution >= 4 is 64.5 Å². The van der Waals surface area contributed by atoms with Gasteiger partial charge in [0.2, 0.25) is 53.2 Å². The van der Waals surface area contributed by atoms with Gasteiger partial charge in [-0.1, -0.05) is 134 Å². The maximum atomic E-state index is 15.0. The number of amides is 9. The summed E-state index contributed by atoms with van der Waals surface area (Å²) in [6.45, 7) is 14.9. The summed E-state index contributed by atoms with van der Waals surface area (Å²) in [6, 6.07) is 23.2. The lowest BCUT2D eigenvalue weighted by Crippen LogP contribution is -2.62. The number of hydrogen-bond acceptors (Lipinski definition) is 23. The number of nitrogens with zero attached hydrogens (tertiary/aromatic N) is 2. The van der Waals surface area contributed by atoms with Gasteiger partial charge in [-0.05, 0) is 189 Å². The molecular weight excluding hydrogens is 1620 g/mol. The van der Waals surface area contributed by atoms with Crippen LogP contribution < -0.4 is 47.4 Å². The average molecular weight is 1750 g/mol. The summed E-state index contributed by atoms with van der Waals surface area (Å²) in [7, 11) is 0. The number of aromatic hydroxyl groups is 1. The molecule has 3 fully saturated rings. The highest BCUT2D eigenvalue weighted by Gasteiger charge is 2.59. The zero-order valence-electron chi connectivity index (χ0n) is 74.0. The maximum absolute atomic E-state index is 15.0. The number of aliphatic hydroxyl groups is 4. The molecule has 2 unspecified atom stereocenters. The number of benzene rings is 4. The summed E-state index contributed by atoms with van der Waals surface area (Å²) in [5.41, 5.74) is 14.3. The molecule has 686 valence electrons. The number of nitrogens with one attached hydrogen (secondary N) is 9. The lowest BCUT2D eigenvalue weighted by molar-refractivity contribution is -0.234. The van der Waals surface area contributed by atoms with E-state index in [-0.39, 0.29) is 151 Å². The van der Waals surface area contributed by atoms with Crippen LogP contribution in [0.1, 0.15) is 216 Å². The quantitative estimate of drug-likeness (QED) is 0.00872. The Morgan fingerprint density at radius 2 is 1.21 bits per heavy atom. The van der Waals surface area contributed by atoms with E-state index in [4.69, 9.17) is 34.0 Å². The Kier molecular flexibility index (Phi) is 35.0. The minimum atomic E-state index is -1.63. The Balaban J connectivity index is 0.627. The SMILES string of the molecule is CC(C)[C@H](NC(=O)[C@@H](CCCCCNC(=O)COC1CCCCC/C(N[C@@H]2O[C@H](CO)[C@H](O)[C@H](O)[C@H]2O)=C\1N=N)NC(=O)CCOCCOCCOCCOCCNC(=O)CCC(=O)N1Cc2ccccc2C#Cc2ccccc21)C(=O)N[C@@H](C)C(=O)Nc1ccc2c(c1)[C@@]1(C)CCC[C@](C)(C(=O)NC(=O)[C@@]3(C)CCC[C@]4(C)c5cc(O)ccc5CC[C@@H]34)C1CC2. The van der Waals surface area contributed by atoms with E-state index in [1.807, 2.05) is 92.7 Å². The Morgan fingerprint density at radius 3 is 1.87 bits per heavy atom. The number of phenols is 1. The van der Waals surface area contributed by atoms with Crippen LogP contribution in [0, 0.1) is 46.0 Å². The predicted molar refractivity (Wildman–Crippen MR) is 468 cm³/mol. The monoisotopic (exact) mass is 1750 g/mol. The fourth-order valence-corrected chi connectivity index (χ4v) is 19.9. The number of ether oxygens (including phenoxy) is 6. The molecule has 2 aliphatic heterocycles. The molecule has 2 saturated carbocycles. The van der Waals surface area contributed by atoms with Crippen LogP contribution in [0.5, 0.6) is 5.75 Å². The number of allylic oxidation sites excluding steroid dienone is 1. The molecule has 7 aliphatic rings. The van der Waals surface area contributed by atoms with E-state index in [1.54, 1.807) is 31.7 Å². The Labute approximate surface area is 738 Å². The normalized spacial score (nSPS) is 26.1. The number of rotatable bonds is 41. The van der Waals surface area contributed by atoms with Crippen LogP contribution in [0.3, 0.4) is 0 Å². The number of unbranched alkanes of at least 4 members (excludes halogenated alkanes) is 2. The van der Waals surface area contributed by atoms with Crippen molar-refractivity contribution in [3.63, 3.8) is 0 Å². The summed E-state index contributed by atoms with van der Waals surface area (Å²) in [6.07, 6.45) is 3.87. The van der Waals surface area contributed by atoms with E-state index < -0.39 is 113 Å². The van der Waals surface area contributed by atoms with E-state index in [2.05, 4.69) is 73.3 Å². The average Bonchev–Trinajstić information content (AvgIpc) is 0.720. The number of carbonyl (C=O) groups excluding carboxylic acids is 9. The molecule has 31 nitrogen and oxygen atoms in total. The fourth-order valence-electron chi connectivity index (χ4n) is 19.9. The van der Waals surface area contributed by atoms with Gasteiger partial charge in [-0.15, -0.1) is 0 Å². The lowest BCUT2D eigenvalue weighted by Gasteiger charge is -2.56. The van der Waals surface area contributed by atoms with E-state index in [9.17, 15) is 68.7 Å². The molecule has 4 aromatic carbocycles. The van der Waals surface area contributed by atoms with Crippen LogP contribution in [0.25, 0.3) is 0 Å². The van der Waals surface area contributed by atoms with Gasteiger partial charge in [0.15, 0.2) is 6.23 Å². The first-order chi connectivity index (χ1) is 60.5. The lowest BCUT2D eigenvalue weighted by atomic mass is 9.49. The molecule has 5 aliphatic carbocycles. The van der Waals surface area contributed by atoms with Gasteiger partial charge in [0.1, 0.15) is 66.7 Å². The summed E-state index contributed by atoms with van der Waals surface area (Å²) in [5.74, 6) is 2.27. The smallest absolute Gasteiger partial charge is 0.246 e. The second-order valence-electron chi connectivity index (χ2n) is 36.0. The molecule has 9 amide bonds. The first-order valence-electron chi connectivity index (χ1n) is 45.2. The second kappa shape index (κ2) is 45.4. The maximum Gasteiger partial charge on any atom is 0.246 e. The number of fused-ring (bicyclic) bond motifs is 8. The number of hydrogen-bond donors (Lipinski definition) is 14. The third-order valence-corrected chi connectivity index (χ3v) is 27.0. The van der Waals surface area contributed by atoms with Gasteiger partial charge in [-0.2, -0.15) is 5.11 Å². The van der Waals surface area contributed by atoms with Crippen LogP contribution in [-0.4, -0.2) is 213 Å². The standard InChI is InChI=1S/C95H131N11O20/c1-59(2)81(88(118)99-60(3)86(116)100-66-33-29-62-31-35-75-92(4,68(62)54-66)40-18-42-94(75,6)90(119)104-91(120)95(7)43-19-41-93(5)69-55-67(108)34-30-63(69)32-36-76(93)95)103-87(117)71(24-11-9-17-44-97-79(111)58-125-73-26-12-8-10-23-70(82(73)105-96)102-89-85(115)84(114)83(113)74(57-107)126-89)101-78(110)39-46-121-48-50-123-52-53-124-51-49-122-47-45-98-77(109)37-38-80(112)106-56-65-22-14-13-20-61(65)27-28-64-21-15-16-25-72(64)106/h13-16,20-22,25,29-30,33-34,54-55,59-60,71,73-76,81,83-85,89,96,102,107-108,113-115H,8-12,17-19,23-24,26,31-32,35-53,56-58H2,1-7H3,(H,97,111)(H,98,109)(H,99,118)(H,100,116)(H,101,110)(H,103,117)(H,104,119,120)/b82-70-,105-96?/t60-,71+,73?,74+,75?,76+,81-,83-,84-,85+,89+,92+,93+,94-,95-/m0/s1. The first-order valence-corrected chi connectivity index (χ1v) is 45.2. The molecule has 31 heteroatoms. The highest BCUT2D eigenvalue weighted by molar-refractivity contribution is 6.02. The topological polar surface area (TPSA) is 446 Å². The van der Waals surface area contributed by atoms with Gasteiger partial charge in [-0.25, -0.2) is 5.53 Å². The van der Waals surface area contributed by atoms with Crippen LogP contribution in [0.4, 0.5) is 11.4 Å². The van der Waals surface area contributed by atoms with E-state index >= 15 is 0 Å². The molecule has 0 radical (unpaired) electrons. The minimum absolute atomic E-state index is 0.00991. The minimum Gasteiger partial charge on any atom is -0.508 e. The summed E-state index contributed by atoms with van der Waals surface area (Å²) < 4.78 is 34.4. The third-order valence-electron chi connectivity index (χ3n) is 27.0. The number of imide groups is 1. The summed E-state index contributed by atoms with van der Waals surface area (Å²) in [4.78, 5) is 128. The van der Waals surface area contributed by atoms with Crippen LogP contribution in [0.15, 0.2) is 101 Å². The molecule has 15 atom stereocenters. The molecule has 0 spiro atoms. The van der Waals surface area contributed by atoms with Crippen molar-refractivity contribution in [2.75, 3.05) is 89.4 Å². The number of phenolic OH excluding ortho intramolecular Hbond substituents is 1. The number of carbonyl (C=O) groups is 9. The third kappa shape index (κ3) is 24.2. The van der Waals surface area contributed by atoms with Crippen molar-refractivity contribution in [3.05, 3.63) is 135 Å². The molecule has 2 heterocycles. The van der Waals surface area contributed by atoms with Gasteiger partial charge in [0.05, 0.1) is 82.5 Å². The molecule has 0 aromatic heterocycles. The van der Waals surface area contributed by atoms with E-state index in [0.717, 1.165) is 84.7 Å². The van der Waals surface area contributed by atoms with E-state index in [0.29, 0.717) is 87.8 Å². The molecule has 14 N–H and O–H groups in total. The molecule has 11 rings (SSSR count). The van der Waals surface area contributed by atoms with Gasteiger partial charge in [0, 0.05) is 54.9 Å². The zero-order valence-corrected chi connectivity index (χ0v) is 74.0. The van der Waals surface area contributed by atoms with Crippen molar-refractivity contribution in [2.24, 2.45) is 33.7 Å². The molecule has 0 bridgehead atoms. The van der Waals surface area contributed by atoms with Gasteiger partial charge in [-0.3, -0.25) is 48.5 Å². The van der Waals surface area contributed by atoms with Gasteiger partial charge < -0.3 is 96.1 Å². The number of anilines is 2. The van der Waals surface area contributed by atoms with Crippen LogP contribution in [0.2, 0.25) is 0 Å². The van der Waals surface area contributed by atoms with Gasteiger partial charge >= 0.3 is 0 Å². The number of para-hydroxylation sites is 1. The summed E-state index contributed by atoms with van der Waals surface area (Å²) in [5, 5.41) is 78.8.